The molecule has 5 rings (SSSR count). The lowest BCUT2D eigenvalue weighted by molar-refractivity contribution is -0.268. The van der Waals surface area contributed by atoms with Crippen molar-refractivity contribution in [1.82, 2.24) is 20.5 Å². The van der Waals surface area contributed by atoms with Crippen molar-refractivity contribution in [2.75, 3.05) is 12.4 Å². The number of carbonyl (C=O) groups is 1. The van der Waals surface area contributed by atoms with E-state index in [9.17, 15) is 9.90 Å². The Morgan fingerprint density at radius 1 is 1.07 bits per heavy atom. The minimum absolute atomic E-state index is 0.00695. The minimum atomic E-state index is -0.589. The predicted octanol–water partition coefficient (Wildman–Crippen LogP) is 5.96. The van der Waals surface area contributed by atoms with E-state index in [1.165, 1.54) is 12.4 Å². The number of thioether (sulfide) groups is 1. The van der Waals surface area contributed by atoms with Crippen molar-refractivity contribution >= 4 is 17.9 Å². The molecule has 1 aliphatic rings. The third-order valence-electron chi connectivity index (χ3n) is 7.09. The third-order valence-corrected chi connectivity index (χ3v) is 8.05. The van der Waals surface area contributed by atoms with E-state index in [-0.39, 0.29) is 31.3 Å². The number of alkyl carbamates (subject to hydrolysis) is 1. The molecule has 1 saturated heterocycles. The smallest absolute Gasteiger partial charge is 0.407 e. The van der Waals surface area contributed by atoms with Crippen molar-refractivity contribution in [1.29, 1.82) is 0 Å². The molecule has 218 valence electrons. The molecular weight excluding hydrogens is 552 g/mol. The first-order valence-corrected chi connectivity index (χ1v) is 14.7. The van der Waals surface area contributed by atoms with Gasteiger partial charge in [0.05, 0.1) is 18.8 Å². The number of aliphatic hydroxyl groups excluding tert-OH is 1. The molecule has 1 aromatic heterocycles. The number of carbonyl (C=O) groups excluding carboxylic acids is 1. The summed E-state index contributed by atoms with van der Waals surface area (Å²) in [5.74, 6) is 0.730. The Morgan fingerprint density at radius 2 is 1.86 bits per heavy atom. The van der Waals surface area contributed by atoms with Gasteiger partial charge >= 0.3 is 6.09 Å². The lowest BCUT2D eigenvalue weighted by Crippen LogP contribution is -2.38. The lowest BCUT2D eigenvalue weighted by Gasteiger charge is -2.41. The number of hydrogen-bond donors (Lipinski definition) is 3. The van der Waals surface area contributed by atoms with Gasteiger partial charge in [0.25, 0.3) is 0 Å². The number of nitrogens with zero attached hydrogens (tertiary/aromatic N) is 2. The molecule has 0 spiro atoms. The second kappa shape index (κ2) is 14.3. The average Bonchev–Trinajstić information content (AvgIpc) is 3.56. The van der Waals surface area contributed by atoms with Crippen molar-refractivity contribution in [3.8, 4) is 11.1 Å². The van der Waals surface area contributed by atoms with Gasteiger partial charge in [-0.2, -0.15) is 5.10 Å². The summed E-state index contributed by atoms with van der Waals surface area (Å²) >= 11 is 1.56. The maximum Gasteiger partial charge on any atom is 0.407 e. The molecule has 1 aliphatic heterocycles. The largest absolute Gasteiger partial charge is 0.445 e. The van der Waals surface area contributed by atoms with Crippen LogP contribution in [0.3, 0.4) is 0 Å². The van der Waals surface area contributed by atoms with E-state index in [2.05, 4.69) is 40.1 Å². The summed E-state index contributed by atoms with van der Waals surface area (Å²) in [6.07, 6.45) is 1.61. The number of H-pyrrole nitrogens is 1. The van der Waals surface area contributed by atoms with Crippen LogP contribution in [0.2, 0.25) is 0 Å². The maximum absolute atomic E-state index is 11.8. The Bertz CT molecular complexity index is 1460. The normalized spacial score (nSPS) is 20.1. The molecule has 4 aromatic rings. The number of amides is 1. The van der Waals surface area contributed by atoms with Crippen LogP contribution in [0.1, 0.15) is 41.6 Å². The molecule has 4 unspecified atom stereocenters. The van der Waals surface area contributed by atoms with Gasteiger partial charge in [0, 0.05) is 23.8 Å². The molecule has 4 atom stereocenters. The zero-order valence-electron chi connectivity index (χ0n) is 23.3. The Labute approximate surface area is 249 Å². The number of benzene rings is 3. The molecule has 0 saturated carbocycles. The molecule has 9 nitrogen and oxygen atoms in total. The van der Waals surface area contributed by atoms with Gasteiger partial charge in [0.1, 0.15) is 12.9 Å². The Hall–Kier alpha value is -3.96. The van der Waals surface area contributed by atoms with E-state index in [4.69, 9.17) is 14.2 Å². The molecule has 10 heteroatoms. The summed E-state index contributed by atoms with van der Waals surface area (Å²) in [4.78, 5) is 16.1. The van der Waals surface area contributed by atoms with Crippen molar-refractivity contribution in [3.05, 3.63) is 114 Å². The Kier molecular flexibility index (Phi) is 10.0. The number of aromatic nitrogens is 3. The number of aromatic amines is 1. The average molecular weight is 587 g/mol. The quantitative estimate of drug-likeness (QED) is 0.146. The first-order chi connectivity index (χ1) is 20.5. The topological polar surface area (TPSA) is 119 Å². The van der Waals surface area contributed by atoms with E-state index in [1.54, 1.807) is 11.8 Å². The lowest BCUT2D eigenvalue weighted by atomic mass is 9.91. The van der Waals surface area contributed by atoms with Crippen LogP contribution in [-0.4, -0.2) is 44.8 Å². The highest BCUT2D eigenvalue weighted by Gasteiger charge is 2.38. The summed E-state index contributed by atoms with van der Waals surface area (Å²) in [7, 11) is 0. The minimum Gasteiger partial charge on any atom is -0.445 e. The van der Waals surface area contributed by atoms with Gasteiger partial charge in [0.2, 0.25) is 0 Å². The van der Waals surface area contributed by atoms with Crippen molar-refractivity contribution < 1.29 is 24.1 Å². The summed E-state index contributed by atoms with van der Waals surface area (Å²) in [5.41, 5.74) is 5.75. The van der Waals surface area contributed by atoms with Gasteiger partial charge in [-0.05, 0) is 39.9 Å². The monoisotopic (exact) mass is 586 g/mol. The number of ether oxygens (including phenoxy) is 3. The second-order valence-electron chi connectivity index (χ2n) is 9.99. The van der Waals surface area contributed by atoms with Crippen LogP contribution >= 0.6 is 11.8 Å². The fourth-order valence-electron chi connectivity index (χ4n) is 4.82. The van der Waals surface area contributed by atoms with Crippen LogP contribution in [-0.2, 0) is 27.4 Å². The van der Waals surface area contributed by atoms with Crippen molar-refractivity contribution in [2.24, 2.45) is 5.92 Å². The van der Waals surface area contributed by atoms with Crippen LogP contribution in [0.4, 0.5) is 4.79 Å². The van der Waals surface area contributed by atoms with Gasteiger partial charge in [0.15, 0.2) is 11.4 Å². The molecular formula is C32H34N4O5S. The maximum atomic E-state index is 11.8. The molecule has 0 radical (unpaired) electrons. The number of hydrogen-bond acceptors (Lipinski definition) is 8. The van der Waals surface area contributed by atoms with Crippen LogP contribution in [0.5, 0.6) is 0 Å². The zero-order valence-corrected chi connectivity index (χ0v) is 24.1. The highest BCUT2D eigenvalue weighted by atomic mass is 32.2. The highest BCUT2D eigenvalue weighted by Crippen LogP contribution is 2.43. The highest BCUT2D eigenvalue weighted by molar-refractivity contribution is 7.99. The van der Waals surface area contributed by atoms with E-state index in [1.807, 2.05) is 66.7 Å². The van der Waals surface area contributed by atoms with Crippen molar-refractivity contribution in [2.45, 2.75) is 43.7 Å². The van der Waals surface area contributed by atoms with E-state index < -0.39 is 12.4 Å². The standard InChI is InChI=1S/C32H34N4O5S/c1-3-14-39-32(38)33-17-23-6-4-7-25(15-23)26-8-5-9-27(16-26)30-40-28(19-42-31-34-20-35-36-31)21(2)29(41-30)24-12-10-22(18-37)11-13-24/h3-13,15-16,20-21,28-30,37H,1,14,17-19H2,2H3,(H,33,38)(H,34,35,36). The summed E-state index contributed by atoms with van der Waals surface area (Å²) in [5, 5.41) is 19.9. The fraction of sp³-hybridized carbons (Fsp3) is 0.281. The van der Waals surface area contributed by atoms with Gasteiger partial charge in [-0.3, -0.25) is 5.10 Å². The SMILES string of the molecule is C=CCOC(=O)NCc1cccc(-c2cccc(C3OC(CSc4ncn[nH]4)C(C)C(c4ccc(CO)cc4)O3)c2)c1. The van der Waals surface area contributed by atoms with Gasteiger partial charge in [-0.1, -0.05) is 92.0 Å². The van der Waals surface area contributed by atoms with Gasteiger partial charge in [-0.15, -0.1) is 0 Å². The molecule has 1 amide bonds. The van der Waals surface area contributed by atoms with Gasteiger partial charge in [-0.25, -0.2) is 9.78 Å². The van der Waals surface area contributed by atoms with Crippen molar-refractivity contribution in [3.63, 3.8) is 0 Å². The van der Waals surface area contributed by atoms with E-state index in [0.29, 0.717) is 12.3 Å². The zero-order chi connectivity index (χ0) is 29.3. The van der Waals surface area contributed by atoms with Crippen LogP contribution in [0.25, 0.3) is 11.1 Å². The molecule has 1 fully saturated rings. The summed E-state index contributed by atoms with van der Waals surface area (Å²) < 4.78 is 18.2. The number of aliphatic hydroxyl groups is 1. The number of rotatable bonds is 11. The Morgan fingerprint density at radius 3 is 2.60 bits per heavy atom. The summed E-state index contributed by atoms with van der Waals surface area (Å²) in [6, 6.07) is 24.0. The molecule has 3 N–H and O–H groups in total. The van der Waals surface area contributed by atoms with E-state index in [0.717, 1.165) is 38.5 Å². The van der Waals surface area contributed by atoms with Crippen LogP contribution in [0.15, 0.2) is 96.9 Å². The first kappa shape index (κ1) is 29.5. The predicted molar refractivity (Wildman–Crippen MR) is 160 cm³/mol. The fourth-order valence-corrected chi connectivity index (χ4v) is 5.76. The van der Waals surface area contributed by atoms with Crippen LogP contribution in [0, 0.1) is 5.92 Å². The molecule has 3 aromatic carbocycles. The molecule has 0 aliphatic carbocycles. The molecule has 42 heavy (non-hydrogen) atoms. The molecule has 0 bridgehead atoms. The molecule has 2 heterocycles. The summed E-state index contributed by atoms with van der Waals surface area (Å²) in [6.45, 7) is 6.19. The Balaban J connectivity index is 1.36. The van der Waals surface area contributed by atoms with Crippen LogP contribution < -0.4 is 5.32 Å². The number of nitrogens with one attached hydrogen (secondary N) is 2. The van der Waals surface area contributed by atoms with Gasteiger partial charge < -0.3 is 24.6 Å². The first-order valence-electron chi connectivity index (χ1n) is 13.7. The third kappa shape index (κ3) is 7.46. The van der Waals surface area contributed by atoms with E-state index >= 15 is 0 Å². The second-order valence-corrected chi connectivity index (χ2v) is 11.0.